The van der Waals surface area contributed by atoms with E-state index in [1.165, 1.54) is 6.07 Å². The molecule has 0 atom stereocenters. The molecule has 0 bridgehead atoms. The standard InChI is InChI=1S/C15H21NO4/c1-4-20-15(2,3)10-16-13(17)9-11-7-5-6-8-12(11)14(18)19/h5-8H,4,9-10H2,1-3H3,(H,16,17)(H,18,19). The summed E-state index contributed by atoms with van der Waals surface area (Å²) in [6.07, 6.45) is 0.0463. The topological polar surface area (TPSA) is 75.6 Å². The van der Waals surface area contributed by atoms with Gasteiger partial charge in [0.2, 0.25) is 5.91 Å². The number of nitrogens with one attached hydrogen (secondary N) is 1. The minimum absolute atomic E-state index is 0.0463. The number of carboxylic acid groups (broad SMARTS) is 1. The molecule has 0 saturated heterocycles. The van der Waals surface area contributed by atoms with E-state index in [0.717, 1.165) is 0 Å². The van der Waals surface area contributed by atoms with Gasteiger partial charge in [0.15, 0.2) is 0 Å². The van der Waals surface area contributed by atoms with Crippen LogP contribution in [-0.2, 0) is 16.0 Å². The molecule has 0 radical (unpaired) electrons. The van der Waals surface area contributed by atoms with Gasteiger partial charge in [-0.15, -0.1) is 0 Å². The number of carbonyl (C=O) groups is 2. The predicted molar refractivity (Wildman–Crippen MR) is 75.8 cm³/mol. The van der Waals surface area contributed by atoms with Gasteiger partial charge in [0.25, 0.3) is 0 Å². The van der Waals surface area contributed by atoms with Crippen molar-refractivity contribution in [3.05, 3.63) is 35.4 Å². The van der Waals surface area contributed by atoms with Crippen molar-refractivity contribution < 1.29 is 19.4 Å². The number of rotatable bonds is 7. The summed E-state index contributed by atoms with van der Waals surface area (Å²) >= 11 is 0. The van der Waals surface area contributed by atoms with E-state index >= 15 is 0 Å². The van der Waals surface area contributed by atoms with E-state index in [9.17, 15) is 9.59 Å². The van der Waals surface area contributed by atoms with Gasteiger partial charge < -0.3 is 15.2 Å². The van der Waals surface area contributed by atoms with E-state index in [4.69, 9.17) is 9.84 Å². The number of carboxylic acids is 1. The fourth-order valence-electron chi connectivity index (χ4n) is 1.87. The predicted octanol–water partition coefficient (Wildman–Crippen LogP) is 1.86. The fourth-order valence-corrected chi connectivity index (χ4v) is 1.87. The molecule has 1 amide bonds. The van der Waals surface area contributed by atoms with Crippen LogP contribution in [0.25, 0.3) is 0 Å². The van der Waals surface area contributed by atoms with Crippen LogP contribution in [0.5, 0.6) is 0 Å². The third-order valence-corrected chi connectivity index (χ3v) is 2.85. The van der Waals surface area contributed by atoms with Crippen LogP contribution in [0.1, 0.15) is 36.7 Å². The maximum Gasteiger partial charge on any atom is 0.335 e. The molecule has 0 aliphatic rings. The normalized spacial score (nSPS) is 11.2. The Bertz CT molecular complexity index is 483. The quantitative estimate of drug-likeness (QED) is 0.798. The Hall–Kier alpha value is -1.88. The van der Waals surface area contributed by atoms with Crippen LogP contribution in [0.4, 0.5) is 0 Å². The second-order valence-corrected chi connectivity index (χ2v) is 5.11. The van der Waals surface area contributed by atoms with E-state index in [1.807, 2.05) is 20.8 Å². The van der Waals surface area contributed by atoms with E-state index in [1.54, 1.807) is 18.2 Å². The highest BCUT2D eigenvalue weighted by atomic mass is 16.5. The maximum absolute atomic E-state index is 11.9. The first kappa shape index (κ1) is 16.2. The lowest BCUT2D eigenvalue weighted by Gasteiger charge is -2.24. The fraction of sp³-hybridized carbons (Fsp3) is 0.467. The minimum atomic E-state index is -1.02. The molecule has 0 fully saturated rings. The van der Waals surface area contributed by atoms with Crippen molar-refractivity contribution in [1.82, 2.24) is 5.32 Å². The van der Waals surface area contributed by atoms with E-state index in [2.05, 4.69) is 5.32 Å². The van der Waals surface area contributed by atoms with Gasteiger partial charge in [-0.05, 0) is 32.4 Å². The van der Waals surface area contributed by atoms with Gasteiger partial charge >= 0.3 is 5.97 Å². The van der Waals surface area contributed by atoms with Crippen molar-refractivity contribution in [2.45, 2.75) is 32.8 Å². The van der Waals surface area contributed by atoms with Crippen molar-refractivity contribution in [3.63, 3.8) is 0 Å². The summed E-state index contributed by atoms with van der Waals surface area (Å²) in [6.45, 7) is 6.64. The molecule has 0 aliphatic heterocycles. The van der Waals surface area contributed by atoms with Crippen molar-refractivity contribution >= 4 is 11.9 Å². The highest BCUT2D eigenvalue weighted by molar-refractivity contribution is 5.91. The molecule has 0 aliphatic carbocycles. The molecule has 110 valence electrons. The molecule has 0 aromatic heterocycles. The molecule has 0 spiro atoms. The van der Waals surface area contributed by atoms with Gasteiger partial charge in [-0.2, -0.15) is 0 Å². The average Bonchev–Trinajstić information content (AvgIpc) is 2.37. The first-order chi connectivity index (χ1) is 9.35. The number of benzene rings is 1. The van der Waals surface area contributed by atoms with Crippen molar-refractivity contribution in [1.29, 1.82) is 0 Å². The lowest BCUT2D eigenvalue weighted by molar-refractivity contribution is -0.122. The maximum atomic E-state index is 11.9. The number of carbonyl (C=O) groups excluding carboxylic acids is 1. The summed E-state index contributed by atoms with van der Waals surface area (Å²) in [5.74, 6) is -1.24. The first-order valence-corrected chi connectivity index (χ1v) is 6.57. The molecule has 1 aromatic rings. The monoisotopic (exact) mass is 279 g/mol. The summed E-state index contributed by atoms with van der Waals surface area (Å²) in [4.78, 5) is 22.9. The number of aromatic carboxylic acids is 1. The van der Waals surface area contributed by atoms with Crippen LogP contribution in [0.2, 0.25) is 0 Å². The molecule has 20 heavy (non-hydrogen) atoms. The average molecular weight is 279 g/mol. The second kappa shape index (κ2) is 7.05. The molecule has 0 heterocycles. The zero-order chi connectivity index (χ0) is 15.2. The van der Waals surface area contributed by atoms with Crippen LogP contribution >= 0.6 is 0 Å². The van der Waals surface area contributed by atoms with E-state index < -0.39 is 11.6 Å². The summed E-state index contributed by atoms with van der Waals surface area (Å²) in [5, 5.41) is 11.8. The smallest absolute Gasteiger partial charge is 0.335 e. The lowest BCUT2D eigenvalue weighted by atomic mass is 10.0. The molecule has 5 nitrogen and oxygen atoms in total. The summed E-state index contributed by atoms with van der Waals surface area (Å²) in [7, 11) is 0. The Labute approximate surface area is 118 Å². The van der Waals surface area contributed by atoms with Gasteiger partial charge in [-0.3, -0.25) is 4.79 Å². The Morgan fingerprint density at radius 2 is 1.95 bits per heavy atom. The lowest BCUT2D eigenvalue weighted by Crippen LogP contribution is -2.41. The minimum Gasteiger partial charge on any atom is -0.478 e. The number of amides is 1. The second-order valence-electron chi connectivity index (χ2n) is 5.11. The highest BCUT2D eigenvalue weighted by Gasteiger charge is 2.19. The molecule has 0 unspecified atom stereocenters. The van der Waals surface area contributed by atoms with Crippen molar-refractivity contribution in [2.24, 2.45) is 0 Å². The highest BCUT2D eigenvalue weighted by Crippen LogP contribution is 2.10. The molecular weight excluding hydrogens is 258 g/mol. The number of hydrogen-bond acceptors (Lipinski definition) is 3. The van der Waals surface area contributed by atoms with E-state index in [0.29, 0.717) is 18.7 Å². The number of ether oxygens (including phenoxy) is 1. The first-order valence-electron chi connectivity index (χ1n) is 6.57. The van der Waals surface area contributed by atoms with Crippen molar-refractivity contribution in [2.75, 3.05) is 13.2 Å². The van der Waals surface area contributed by atoms with Crippen molar-refractivity contribution in [3.8, 4) is 0 Å². The molecule has 1 aromatic carbocycles. The van der Waals surface area contributed by atoms with E-state index in [-0.39, 0.29) is 17.9 Å². The summed E-state index contributed by atoms with van der Waals surface area (Å²) < 4.78 is 5.48. The Kier molecular flexibility index (Phi) is 5.70. The zero-order valence-electron chi connectivity index (χ0n) is 12.1. The molecule has 0 saturated carbocycles. The van der Waals surface area contributed by atoms with Gasteiger partial charge in [-0.25, -0.2) is 4.79 Å². The van der Waals surface area contributed by atoms with Gasteiger partial charge in [-0.1, -0.05) is 18.2 Å². The van der Waals surface area contributed by atoms with Crippen LogP contribution in [-0.4, -0.2) is 35.7 Å². The van der Waals surface area contributed by atoms with Gasteiger partial charge in [0.05, 0.1) is 17.6 Å². The molecule has 2 N–H and O–H groups in total. The van der Waals surface area contributed by atoms with Crippen LogP contribution < -0.4 is 5.32 Å². The number of hydrogen-bond donors (Lipinski definition) is 2. The molecule has 5 heteroatoms. The zero-order valence-corrected chi connectivity index (χ0v) is 12.1. The third-order valence-electron chi connectivity index (χ3n) is 2.85. The van der Waals surface area contributed by atoms with Gasteiger partial charge in [0.1, 0.15) is 0 Å². The summed E-state index contributed by atoms with van der Waals surface area (Å²) in [6, 6.07) is 6.51. The van der Waals surface area contributed by atoms with Crippen LogP contribution in [0.3, 0.4) is 0 Å². The Morgan fingerprint density at radius 1 is 1.30 bits per heavy atom. The van der Waals surface area contributed by atoms with Crippen LogP contribution in [0, 0.1) is 0 Å². The Morgan fingerprint density at radius 3 is 2.55 bits per heavy atom. The molecular formula is C15H21NO4. The third kappa shape index (κ3) is 5.01. The summed E-state index contributed by atoms with van der Waals surface area (Å²) in [5.41, 5.74) is 0.231. The van der Waals surface area contributed by atoms with Gasteiger partial charge in [0, 0.05) is 13.2 Å². The largest absolute Gasteiger partial charge is 0.478 e. The molecule has 1 rings (SSSR count). The SMILES string of the molecule is CCOC(C)(C)CNC(=O)Cc1ccccc1C(=O)O. The van der Waals surface area contributed by atoms with Crippen LogP contribution in [0.15, 0.2) is 24.3 Å². The Balaban J connectivity index is 2.61.